The zero-order chi connectivity index (χ0) is 14.7. The van der Waals surface area contributed by atoms with Gasteiger partial charge in [-0.1, -0.05) is 32.1 Å². The molecule has 2 atom stereocenters. The van der Waals surface area contributed by atoms with Crippen molar-refractivity contribution < 1.29 is 4.74 Å². The third-order valence-electron chi connectivity index (χ3n) is 3.88. The van der Waals surface area contributed by atoms with Gasteiger partial charge >= 0.3 is 0 Å². The number of ether oxygens (including phenoxy) is 1. The van der Waals surface area contributed by atoms with Gasteiger partial charge in [0.25, 0.3) is 0 Å². The molecule has 1 aromatic rings. The van der Waals surface area contributed by atoms with E-state index >= 15 is 0 Å². The first kappa shape index (κ1) is 15.3. The molecule has 1 aromatic carbocycles. The first-order valence-electron chi connectivity index (χ1n) is 7.18. The van der Waals surface area contributed by atoms with Gasteiger partial charge in [-0.05, 0) is 36.0 Å². The van der Waals surface area contributed by atoms with Gasteiger partial charge in [-0.2, -0.15) is 0 Å². The summed E-state index contributed by atoms with van der Waals surface area (Å²) in [7, 11) is 1.64. The van der Waals surface area contributed by atoms with Crippen LogP contribution in [0.4, 0.5) is 0 Å². The molecule has 0 bridgehead atoms. The Morgan fingerprint density at radius 2 is 2.00 bits per heavy atom. The number of rotatable bonds is 4. The minimum absolute atomic E-state index is 0.393. The molecule has 1 saturated heterocycles. The highest BCUT2D eigenvalue weighted by atomic mass is 32.1. The maximum absolute atomic E-state index is 5.77. The van der Waals surface area contributed by atoms with Crippen LogP contribution in [0.5, 0.6) is 5.75 Å². The molecule has 1 aliphatic heterocycles. The minimum Gasteiger partial charge on any atom is -0.496 e. The van der Waals surface area contributed by atoms with E-state index in [2.05, 4.69) is 30.9 Å². The van der Waals surface area contributed by atoms with E-state index in [0.29, 0.717) is 4.99 Å². The Morgan fingerprint density at radius 1 is 1.35 bits per heavy atom. The van der Waals surface area contributed by atoms with E-state index in [-0.39, 0.29) is 0 Å². The molecular weight excluding hydrogens is 268 g/mol. The van der Waals surface area contributed by atoms with Gasteiger partial charge in [0.2, 0.25) is 0 Å². The Bertz CT molecular complexity index is 479. The molecule has 0 aliphatic carbocycles. The number of nitrogens with two attached hydrogens (primary N) is 1. The number of hydrogen-bond acceptors (Lipinski definition) is 3. The second kappa shape index (κ2) is 6.55. The Hall–Kier alpha value is -1.13. The van der Waals surface area contributed by atoms with Crippen LogP contribution < -0.4 is 10.5 Å². The van der Waals surface area contributed by atoms with Crippen molar-refractivity contribution in [3.05, 3.63) is 29.3 Å². The van der Waals surface area contributed by atoms with Gasteiger partial charge in [0.1, 0.15) is 10.7 Å². The molecule has 0 saturated carbocycles. The van der Waals surface area contributed by atoms with Crippen molar-refractivity contribution in [1.82, 2.24) is 4.90 Å². The van der Waals surface area contributed by atoms with E-state index in [1.807, 2.05) is 6.07 Å². The SMILES string of the molecule is COc1ccc(CN2CC(C)CC(C)C2)cc1C(N)=S. The standard InChI is InChI=1S/C16H24N2OS/c1-11-6-12(2)9-18(8-11)10-13-4-5-15(19-3)14(7-13)16(17)20/h4-5,7,11-12H,6,8-10H2,1-3H3,(H2,17,20). The number of benzene rings is 1. The summed E-state index contributed by atoms with van der Waals surface area (Å²) in [6, 6.07) is 6.12. The van der Waals surface area contributed by atoms with Crippen molar-refractivity contribution in [2.75, 3.05) is 20.2 Å². The lowest BCUT2D eigenvalue weighted by atomic mass is 9.91. The van der Waals surface area contributed by atoms with Crippen molar-refractivity contribution in [2.45, 2.75) is 26.8 Å². The van der Waals surface area contributed by atoms with Crippen molar-refractivity contribution in [1.29, 1.82) is 0 Å². The third-order valence-corrected chi connectivity index (χ3v) is 4.10. The van der Waals surface area contributed by atoms with Crippen molar-refractivity contribution in [2.24, 2.45) is 17.6 Å². The van der Waals surface area contributed by atoms with Crippen LogP contribution in [-0.2, 0) is 6.54 Å². The lowest BCUT2D eigenvalue weighted by Crippen LogP contribution is -2.38. The first-order valence-corrected chi connectivity index (χ1v) is 7.59. The maximum Gasteiger partial charge on any atom is 0.129 e. The summed E-state index contributed by atoms with van der Waals surface area (Å²) in [6.45, 7) is 7.94. The maximum atomic E-state index is 5.77. The Balaban J connectivity index is 2.13. The van der Waals surface area contributed by atoms with Gasteiger partial charge in [-0.25, -0.2) is 0 Å². The van der Waals surface area contributed by atoms with Gasteiger partial charge in [-0.3, -0.25) is 4.90 Å². The zero-order valence-electron chi connectivity index (χ0n) is 12.6. The Kier molecular flexibility index (Phi) is 5.00. The van der Waals surface area contributed by atoms with Crippen molar-refractivity contribution in [3.8, 4) is 5.75 Å². The van der Waals surface area contributed by atoms with E-state index in [4.69, 9.17) is 22.7 Å². The van der Waals surface area contributed by atoms with Crippen LogP contribution >= 0.6 is 12.2 Å². The van der Waals surface area contributed by atoms with E-state index in [1.54, 1.807) is 7.11 Å². The van der Waals surface area contributed by atoms with Gasteiger partial charge in [0.05, 0.1) is 12.7 Å². The highest BCUT2D eigenvalue weighted by Gasteiger charge is 2.22. The summed E-state index contributed by atoms with van der Waals surface area (Å²) < 4.78 is 5.30. The van der Waals surface area contributed by atoms with Crippen LogP contribution in [-0.4, -0.2) is 30.1 Å². The predicted molar refractivity (Wildman–Crippen MR) is 87.1 cm³/mol. The largest absolute Gasteiger partial charge is 0.496 e. The molecule has 0 spiro atoms. The number of likely N-dealkylation sites (tertiary alicyclic amines) is 1. The van der Waals surface area contributed by atoms with Crippen LogP contribution in [0.25, 0.3) is 0 Å². The molecule has 0 radical (unpaired) electrons. The van der Waals surface area contributed by atoms with E-state index < -0.39 is 0 Å². The van der Waals surface area contributed by atoms with E-state index in [1.165, 1.54) is 25.1 Å². The normalized spacial score (nSPS) is 23.6. The monoisotopic (exact) mass is 292 g/mol. The fraction of sp³-hybridized carbons (Fsp3) is 0.562. The van der Waals surface area contributed by atoms with E-state index in [0.717, 1.165) is 29.7 Å². The minimum atomic E-state index is 0.393. The second-order valence-corrected chi connectivity index (χ2v) is 6.48. The molecule has 20 heavy (non-hydrogen) atoms. The number of methoxy groups -OCH3 is 1. The van der Waals surface area contributed by atoms with Gasteiger partial charge in [0.15, 0.2) is 0 Å². The number of thiocarbonyl (C=S) groups is 1. The summed E-state index contributed by atoms with van der Waals surface area (Å²) in [5.41, 5.74) is 7.85. The van der Waals surface area contributed by atoms with E-state index in [9.17, 15) is 0 Å². The van der Waals surface area contributed by atoms with Gasteiger partial charge in [-0.15, -0.1) is 0 Å². The Morgan fingerprint density at radius 3 is 2.55 bits per heavy atom. The highest BCUT2D eigenvalue weighted by Crippen LogP contribution is 2.24. The van der Waals surface area contributed by atoms with Crippen LogP contribution in [0.3, 0.4) is 0 Å². The molecule has 1 fully saturated rings. The molecule has 2 N–H and O–H groups in total. The molecule has 110 valence electrons. The summed E-state index contributed by atoms with van der Waals surface area (Å²) in [6.07, 6.45) is 1.33. The fourth-order valence-electron chi connectivity index (χ4n) is 3.23. The molecule has 4 heteroatoms. The second-order valence-electron chi connectivity index (χ2n) is 6.04. The van der Waals surface area contributed by atoms with Crippen molar-refractivity contribution >= 4 is 17.2 Å². The molecule has 0 aromatic heterocycles. The average Bonchev–Trinajstić information content (AvgIpc) is 2.37. The molecule has 2 unspecified atom stereocenters. The van der Waals surface area contributed by atoms with Crippen LogP contribution in [0.2, 0.25) is 0 Å². The summed E-state index contributed by atoms with van der Waals surface area (Å²) in [5, 5.41) is 0. The van der Waals surface area contributed by atoms with Crippen LogP contribution in [0, 0.1) is 11.8 Å². The molecule has 3 nitrogen and oxygen atoms in total. The lowest BCUT2D eigenvalue weighted by Gasteiger charge is -2.35. The number of nitrogens with zero attached hydrogens (tertiary/aromatic N) is 1. The van der Waals surface area contributed by atoms with Crippen molar-refractivity contribution in [3.63, 3.8) is 0 Å². The Labute approximate surface area is 127 Å². The van der Waals surface area contributed by atoms with Gasteiger partial charge < -0.3 is 10.5 Å². The first-order chi connectivity index (χ1) is 9.49. The van der Waals surface area contributed by atoms with Crippen LogP contribution in [0.15, 0.2) is 18.2 Å². The topological polar surface area (TPSA) is 38.5 Å². The molecule has 1 aliphatic rings. The molecule has 1 heterocycles. The summed E-state index contributed by atoms with van der Waals surface area (Å²) in [5.74, 6) is 2.29. The smallest absolute Gasteiger partial charge is 0.129 e. The third kappa shape index (κ3) is 3.70. The molecular formula is C16H24N2OS. The van der Waals surface area contributed by atoms with Crippen LogP contribution in [0.1, 0.15) is 31.4 Å². The average molecular weight is 292 g/mol. The quantitative estimate of drug-likeness (QED) is 0.866. The molecule has 2 rings (SSSR count). The number of piperidine rings is 1. The summed E-state index contributed by atoms with van der Waals surface area (Å²) in [4.78, 5) is 2.91. The lowest BCUT2D eigenvalue weighted by molar-refractivity contribution is 0.134. The fourth-order valence-corrected chi connectivity index (χ4v) is 3.38. The highest BCUT2D eigenvalue weighted by molar-refractivity contribution is 7.80. The van der Waals surface area contributed by atoms with Gasteiger partial charge in [0, 0.05) is 19.6 Å². The summed E-state index contributed by atoms with van der Waals surface area (Å²) >= 11 is 5.10. The number of hydrogen-bond donors (Lipinski definition) is 1. The predicted octanol–water partition coefficient (Wildman–Crippen LogP) is 2.81. The molecule has 0 amide bonds. The zero-order valence-corrected chi connectivity index (χ0v) is 13.4.